The predicted octanol–water partition coefficient (Wildman–Crippen LogP) is 1.82. The van der Waals surface area contributed by atoms with Gasteiger partial charge in [0.25, 0.3) is 0 Å². The number of rotatable bonds is 1. The number of hydrogen-bond acceptors (Lipinski definition) is 3. The maximum absolute atomic E-state index is 12.6. The standard InChI is InChI=1S/C11H8ClF3N2O2/c12-7-1-6(11(13,14)15)2-8(3-7)17-4-9(18)16-10(19)5-17/h1-3H,4-5H2,(H,16,18,19). The number of carbonyl (C=O) groups is 2. The van der Waals surface area contributed by atoms with E-state index >= 15 is 0 Å². The van der Waals surface area contributed by atoms with E-state index < -0.39 is 23.6 Å². The Morgan fingerprint density at radius 1 is 1.11 bits per heavy atom. The molecule has 2 rings (SSSR count). The first-order chi connectivity index (χ1) is 8.75. The molecule has 0 atom stereocenters. The van der Waals surface area contributed by atoms with Crippen LogP contribution in [0.2, 0.25) is 5.02 Å². The molecule has 2 amide bonds. The Hall–Kier alpha value is -1.76. The van der Waals surface area contributed by atoms with Crippen LogP contribution in [0, 0.1) is 0 Å². The van der Waals surface area contributed by atoms with Crippen LogP contribution in [-0.2, 0) is 15.8 Å². The summed E-state index contributed by atoms with van der Waals surface area (Å²) < 4.78 is 37.9. The molecule has 0 saturated carbocycles. The highest BCUT2D eigenvalue weighted by Gasteiger charge is 2.32. The minimum Gasteiger partial charge on any atom is -0.353 e. The Kier molecular flexibility index (Phi) is 3.40. The van der Waals surface area contributed by atoms with Crippen LogP contribution in [0.1, 0.15) is 5.56 Å². The highest BCUT2D eigenvalue weighted by Crippen LogP contribution is 2.34. The number of anilines is 1. The summed E-state index contributed by atoms with van der Waals surface area (Å²) in [5.41, 5.74) is -0.837. The van der Waals surface area contributed by atoms with Crippen LogP contribution in [0.5, 0.6) is 0 Å². The van der Waals surface area contributed by atoms with E-state index in [9.17, 15) is 22.8 Å². The number of alkyl halides is 3. The van der Waals surface area contributed by atoms with Gasteiger partial charge >= 0.3 is 6.18 Å². The van der Waals surface area contributed by atoms with Crippen molar-refractivity contribution < 1.29 is 22.8 Å². The van der Waals surface area contributed by atoms with Gasteiger partial charge in [0.1, 0.15) is 0 Å². The van der Waals surface area contributed by atoms with Gasteiger partial charge in [-0.3, -0.25) is 14.9 Å². The van der Waals surface area contributed by atoms with Crippen LogP contribution in [0.4, 0.5) is 18.9 Å². The summed E-state index contributed by atoms with van der Waals surface area (Å²) in [6.07, 6.45) is -4.54. The molecule has 0 unspecified atom stereocenters. The van der Waals surface area contributed by atoms with Gasteiger partial charge in [-0.15, -0.1) is 0 Å². The average molecular weight is 293 g/mol. The van der Waals surface area contributed by atoms with Gasteiger partial charge in [0.15, 0.2) is 0 Å². The summed E-state index contributed by atoms with van der Waals surface area (Å²) in [5, 5.41) is 1.96. The van der Waals surface area contributed by atoms with Crippen molar-refractivity contribution in [3.05, 3.63) is 28.8 Å². The van der Waals surface area contributed by atoms with E-state index in [0.717, 1.165) is 12.1 Å². The number of nitrogens with zero attached hydrogens (tertiary/aromatic N) is 1. The first kappa shape index (κ1) is 13.7. The zero-order valence-electron chi connectivity index (χ0n) is 9.42. The molecule has 0 radical (unpaired) electrons. The summed E-state index contributed by atoms with van der Waals surface area (Å²) in [5.74, 6) is -1.13. The summed E-state index contributed by atoms with van der Waals surface area (Å²) in [6, 6.07) is 2.93. The molecule has 0 aromatic heterocycles. The van der Waals surface area contributed by atoms with Crippen LogP contribution < -0.4 is 10.2 Å². The van der Waals surface area contributed by atoms with Gasteiger partial charge in [-0.05, 0) is 18.2 Å². The third-order valence-electron chi connectivity index (χ3n) is 2.52. The van der Waals surface area contributed by atoms with Crippen molar-refractivity contribution in [1.82, 2.24) is 5.32 Å². The highest BCUT2D eigenvalue weighted by molar-refractivity contribution is 6.31. The lowest BCUT2D eigenvalue weighted by molar-refractivity contribution is -0.137. The Balaban J connectivity index is 2.37. The second-order valence-corrected chi connectivity index (χ2v) is 4.46. The number of benzene rings is 1. The third-order valence-corrected chi connectivity index (χ3v) is 2.74. The van der Waals surface area contributed by atoms with Crippen molar-refractivity contribution in [2.45, 2.75) is 6.18 Å². The second-order valence-electron chi connectivity index (χ2n) is 4.02. The van der Waals surface area contributed by atoms with Crippen LogP contribution in [0.15, 0.2) is 18.2 Å². The lowest BCUT2D eigenvalue weighted by atomic mass is 10.1. The quantitative estimate of drug-likeness (QED) is 0.803. The van der Waals surface area contributed by atoms with Crippen LogP contribution >= 0.6 is 11.6 Å². The fraction of sp³-hybridized carbons (Fsp3) is 0.273. The lowest BCUT2D eigenvalue weighted by Crippen LogP contribution is -2.51. The number of piperazine rings is 1. The molecule has 1 aliphatic rings. The average Bonchev–Trinajstić information content (AvgIpc) is 2.25. The third kappa shape index (κ3) is 3.17. The number of carbonyl (C=O) groups excluding carboxylic acids is 2. The van der Waals surface area contributed by atoms with Crippen molar-refractivity contribution >= 4 is 29.1 Å². The Morgan fingerprint density at radius 3 is 2.21 bits per heavy atom. The molecule has 8 heteroatoms. The zero-order chi connectivity index (χ0) is 14.2. The molecule has 1 aliphatic heterocycles. The molecular weight excluding hydrogens is 285 g/mol. The lowest BCUT2D eigenvalue weighted by Gasteiger charge is -2.28. The van der Waals surface area contributed by atoms with Gasteiger partial charge < -0.3 is 4.90 Å². The molecule has 0 spiro atoms. The summed E-state index contributed by atoms with van der Waals surface area (Å²) in [6.45, 7) is -0.382. The van der Waals surface area contributed by atoms with Gasteiger partial charge in [-0.2, -0.15) is 13.2 Å². The van der Waals surface area contributed by atoms with Gasteiger partial charge in [-0.1, -0.05) is 11.6 Å². The van der Waals surface area contributed by atoms with Gasteiger partial charge in [0.2, 0.25) is 11.8 Å². The normalized spacial score (nSPS) is 16.5. The molecule has 1 heterocycles. The molecule has 102 valence electrons. The van der Waals surface area contributed by atoms with Crippen LogP contribution in [-0.4, -0.2) is 24.9 Å². The van der Waals surface area contributed by atoms with E-state index in [-0.39, 0.29) is 23.8 Å². The molecule has 1 N–H and O–H groups in total. The van der Waals surface area contributed by atoms with Gasteiger partial charge in [0.05, 0.1) is 18.7 Å². The molecule has 19 heavy (non-hydrogen) atoms. The minimum atomic E-state index is -4.54. The van der Waals surface area contributed by atoms with E-state index in [2.05, 4.69) is 5.32 Å². The number of hydrogen-bond donors (Lipinski definition) is 1. The van der Waals surface area contributed by atoms with E-state index in [4.69, 9.17) is 11.6 Å². The van der Waals surface area contributed by atoms with E-state index in [1.54, 1.807) is 0 Å². The zero-order valence-corrected chi connectivity index (χ0v) is 10.2. The SMILES string of the molecule is O=C1CN(c2cc(Cl)cc(C(F)(F)F)c2)CC(=O)N1. The smallest absolute Gasteiger partial charge is 0.353 e. The van der Waals surface area contributed by atoms with Gasteiger partial charge in [-0.25, -0.2) is 0 Å². The van der Waals surface area contributed by atoms with Crippen LogP contribution in [0.25, 0.3) is 0 Å². The Morgan fingerprint density at radius 2 is 1.68 bits per heavy atom. The van der Waals surface area contributed by atoms with Crippen molar-refractivity contribution in [2.24, 2.45) is 0 Å². The number of halogens is 4. The van der Waals surface area contributed by atoms with E-state index in [1.165, 1.54) is 11.0 Å². The van der Waals surface area contributed by atoms with E-state index in [0.29, 0.717) is 0 Å². The fourth-order valence-corrected chi connectivity index (χ4v) is 1.97. The first-order valence-corrected chi connectivity index (χ1v) is 5.59. The fourth-order valence-electron chi connectivity index (χ4n) is 1.74. The Labute approximate surface area is 111 Å². The molecule has 0 aliphatic carbocycles. The largest absolute Gasteiger partial charge is 0.416 e. The highest BCUT2D eigenvalue weighted by atomic mass is 35.5. The number of imide groups is 1. The van der Waals surface area contributed by atoms with Crippen molar-refractivity contribution in [3.63, 3.8) is 0 Å². The van der Waals surface area contributed by atoms with E-state index in [1.807, 2.05) is 0 Å². The summed E-state index contributed by atoms with van der Waals surface area (Å²) in [4.78, 5) is 23.6. The monoisotopic (exact) mass is 292 g/mol. The minimum absolute atomic E-state index is 0.0861. The number of nitrogens with one attached hydrogen (secondary N) is 1. The maximum Gasteiger partial charge on any atom is 0.416 e. The molecule has 4 nitrogen and oxygen atoms in total. The second kappa shape index (κ2) is 4.73. The van der Waals surface area contributed by atoms with Crippen molar-refractivity contribution in [2.75, 3.05) is 18.0 Å². The molecule has 1 saturated heterocycles. The Bertz CT molecular complexity index is 529. The number of amides is 2. The molecule has 1 aromatic rings. The molecule has 0 bridgehead atoms. The molecular formula is C11H8ClF3N2O2. The molecule has 1 fully saturated rings. The summed E-state index contributed by atoms with van der Waals surface area (Å²) >= 11 is 5.64. The summed E-state index contributed by atoms with van der Waals surface area (Å²) in [7, 11) is 0. The first-order valence-electron chi connectivity index (χ1n) is 5.21. The predicted molar refractivity (Wildman–Crippen MR) is 61.8 cm³/mol. The molecule has 1 aromatic carbocycles. The van der Waals surface area contributed by atoms with Crippen LogP contribution in [0.3, 0.4) is 0 Å². The van der Waals surface area contributed by atoms with Gasteiger partial charge in [0, 0.05) is 10.7 Å². The van der Waals surface area contributed by atoms with Crippen molar-refractivity contribution in [3.8, 4) is 0 Å². The maximum atomic E-state index is 12.6. The topological polar surface area (TPSA) is 49.4 Å². The van der Waals surface area contributed by atoms with Crippen molar-refractivity contribution in [1.29, 1.82) is 0 Å².